The van der Waals surface area contributed by atoms with Crippen LogP contribution in [0, 0.1) is 6.92 Å². The van der Waals surface area contributed by atoms with Gasteiger partial charge in [-0.2, -0.15) is 4.52 Å². The summed E-state index contributed by atoms with van der Waals surface area (Å²) in [6, 6.07) is 10.5. The number of thiazole rings is 1. The van der Waals surface area contributed by atoms with Gasteiger partial charge in [-0.15, -0.1) is 5.10 Å². The summed E-state index contributed by atoms with van der Waals surface area (Å²) in [6.45, 7) is 3.97. The standard InChI is InChI=1S/C18H22N4OS/c1-13-19-18-22(20-13)17(23)16(24-18)15(14-9-5-4-6-10-14)21-11-7-2-3-8-12-21/h4-6,9-10,15,23H,2-3,7-8,11-12H2,1H3/t15-/m0/s1. The van der Waals surface area contributed by atoms with Gasteiger partial charge in [0.1, 0.15) is 5.82 Å². The number of nitrogens with zero attached hydrogens (tertiary/aromatic N) is 4. The molecule has 1 fully saturated rings. The van der Waals surface area contributed by atoms with E-state index >= 15 is 0 Å². The van der Waals surface area contributed by atoms with Gasteiger partial charge in [0.05, 0.1) is 10.9 Å². The van der Waals surface area contributed by atoms with Crippen LogP contribution in [0.4, 0.5) is 0 Å². The van der Waals surface area contributed by atoms with E-state index in [1.807, 2.05) is 13.0 Å². The Morgan fingerprint density at radius 2 is 1.79 bits per heavy atom. The van der Waals surface area contributed by atoms with Gasteiger partial charge in [0.25, 0.3) is 0 Å². The molecule has 1 atom stereocenters. The van der Waals surface area contributed by atoms with Crippen molar-refractivity contribution in [3.05, 3.63) is 46.6 Å². The zero-order valence-corrected chi connectivity index (χ0v) is 14.7. The fourth-order valence-corrected chi connectivity index (χ4v) is 4.71. The van der Waals surface area contributed by atoms with E-state index in [0.717, 1.165) is 22.9 Å². The van der Waals surface area contributed by atoms with E-state index in [2.05, 4.69) is 39.2 Å². The van der Waals surface area contributed by atoms with Crippen molar-refractivity contribution < 1.29 is 5.11 Å². The first-order valence-electron chi connectivity index (χ1n) is 8.58. The summed E-state index contributed by atoms with van der Waals surface area (Å²) in [6.07, 6.45) is 5.00. The van der Waals surface area contributed by atoms with Crippen molar-refractivity contribution in [1.82, 2.24) is 19.5 Å². The highest BCUT2D eigenvalue weighted by Gasteiger charge is 2.29. The van der Waals surface area contributed by atoms with Crippen LogP contribution in [0.3, 0.4) is 0 Å². The molecular formula is C18H22N4OS. The minimum atomic E-state index is 0.0677. The second-order valence-corrected chi connectivity index (χ2v) is 7.42. The molecule has 1 aromatic carbocycles. The summed E-state index contributed by atoms with van der Waals surface area (Å²) in [5, 5.41) is 15.1. The molecule has 24 heavy (non-hydrogen) atoms. The summed E-state index contributed by atoms with van der Waals surface area (Å²) >= 11 is 1.55. The quantitative estimate of drug-likeness (QED) is 0.787. The maximum atomic E-state index is 10.8. The minimum Gasteiger partial charge on any atom is -0.492 e. The van der Waals surface area contributed by atoms with Gasteiger partial charge in [0.15, 0.2) is 0 Å². The molecule has 0 saturated carbocycles. The first-order chi connectivity index (χ1) is 11.7. The lowest BCUT2D eigenvalue weighted by Crippen LogP contribution is -2.30. The van der Waals surface area contributed by atoms with Crippen LogP contribution in [0.2, 0.25) is 0 Å². The molecule has 1 N–H and O–H groups in total. The summed E-state index contributed by atoms with van der Waals surface area (Å²) < 4.78 is 1.57. The molecule has 0 spiro atoms. The van der Waals surface area contributed by atoms with Gasteiger partial charge in [-0.05, 0) is 38.4 Å². The average molecular weight is 342 g/mol. The van der Waals surface area contributed by atoms with Crippen molar-refractivity contribution in [3.63, 3.8) is 0 Å². The van der Waals surface area contributed by atoms with E-state index in [0.29, 0.717) is 5.82 Å². The Morgan fingerprint density at radius 3 is 2.46 bits per heavy atom. The molecule has 0 unspecified atom stereocenters. The van der Waals surface area contributed by atoms with Gasteiger partial charge < -0.3 is 5.11 Å². The number of hydrogen-bond acceptors (Lipinski definition) is 5. The van der Waals surface area contributed by atoms with Gasteiger partial charge in [-0.25, -0.2) is 4.98 Å². The third-order valence-electron chi connectivity index (χ3n) is 4.68. The second-order valence-electron chi connectivity index (χ2n) is 6.41. The fraction of sp³-hybridized carbons (Fsp3) is 0.444. The van der Waals surface area contributed by atoms with Crippen molar-refractivity contribution >= 4 is 16.3 Å². The largest absolute Gasteiger partial charge is 0.492 e. The minimum absolute atomic E-state index is 0.0677. The highest BCUT2D eigenvalue weighted by atomic mass is 32.1. The SMILES string of the molecule is Cc1nc2sc([C@H](c3ccccc3)N3CCCCCC3)c(O)n2n1. The van der Waals surface area contributed by atoms with Crippen LogP contribution >= 0.6 is 11.3 Å². The summed E-state index contributed by atoms with van der Waals surface area (Å²) in [5.41, 5.74) is 1.22. The molecule has 1 saturated heterocycles. The highest BCUT2D eigenvalue weighted by molar-refractivity contribution is 7.17. The van der Waals surface area contributed by atoms with Crippen LogP contribution in [0.5, 0.6) is 5.88 Å². The number of benzene rings is 1. The molecule has 3 heterocycles. The lowest BCUT2D eigenvalue weighted by Gasteiger charge is -2.30. The van der Waals surface area contributed by atoms with Crippen molar-refractivity contribution in [2.45, 2.75) is 38.6 Å². The van der Waals surface area contributed by atoms with Gasteiger partial charge in [0, 0.05) is 0 Å². The molecule has 4 rings (SSSR count). The lowest BCUT2D eigenvalue weighted by molar-refractivity contribution is 0.233. The fourth-order valence-electron chi connectivity index (χ4n) is 3.54. The van der Waals surface area contributed by atoms with Gasteiger partial charge in [-0.1, -0.05) is 54.5 Å². The van der Waals surface area contributed by atoms with E-state index in [-0.39, 0.29) is 11.9 Å². The molecule has 1 aliphatic rings. The molecule has 0 radical (unpaired) electrons. The summed E-state index contributed by atoms with van der Waals surface area (Å²) in [4.78, 5) is 8.63. The van der Waals surface area contributed by atoms with Crippen LogP contribution in [0.15, 0.2) is 30.3 Å². The zero-order chi connectivity index (χ0) is 16.5. The van der Waals surface area contributed by atoms with Crippen LogP contribution in [0.1, 0.15) is 48.0 Å². The molecule has 126 valence electrons. The number of fused-ring (bicyclic) bond motifs is 1. The third kappa shape index (κ3) is 2.80. The second kappa shape index (κ2) is 6.53. The number of likely N-dealkylation sites (tertiary alicyclic amines) is 1. The first kappa shape index (κ1) is 15.6. The predicted octanol–water partition coefficient (Wildman–Crippen LogP) is 3.77. The van der Waals surface area contributed by atoms with E-state index < -0.39 is 0 Å². The van der Waals surface area contributed by atoms with Crippen LogP contribution in [-0.2, 0) is 0 Å². The Morgan fingerprint density at radius 1 is 1.08 bits per heavy atom. The van der Waals surface area contributed by atoms with Crippen molar-refractivity contribution in [3.8, 4) is 5.88 Å². The topological polar surface area (TPSA) is 53.7 Å². The van der Waals surface area contributed by atoms with E-state index in [1.54, 1.807) is 15.9 Å². The lowest BCUT2D eigenvalue weighted by atomic mass is 10.0. The molecular weight excluding hydrogens is 320 g/mol. The van der Waals surface area contributed by atoms with Crippen LogP contribution < -0.4 is 0 Å². The molecule has 0 bridgehead atoms. The maximum absolute atomic E-state index is 10.8. The van der Waals surface area contributed by atoms with E-state index in [4.69, 9.17) is 0 Å². The molecule has 0 amide bonds. The first-order valence-corrected chi connectivity index (χ1v) is 9.40. The van der Waals surface area contributed by atoms with Gasteiger partial charge in [0.2, 0.25) is 10.8 Å². The predicted molar refractivity (Wildman–Crippen MR) is 95.6 cm³/mol. The number of aromatic nitrogens is 3. The Labute approximate surface area is 145 Å². The maximum Gasteiger partial charge on any atom is 0.230 e. The summed E-state index contributed by atoms with van der Waals surface area (Å²) in [7, 11) is 0. The van der Waals surface area contributed by atoms with E-state index in [9.17, 15) is 5.11 Å². The third-order valence-corrected chi connectivity index (χ3v) is 5.75. The number of aryl methyl sites for hydroxylation is 1. The van der Waals surface area contributed by atoms with Crippen molar-refractivity contribution in [2.75, 3.05) is 13.1 Å². The van der Waals surface area contributed by atoms with Crippen molar-refractivity contribution in [1.29, 1.82) is 0 Å². The Bertz CT molecular complexity index is 818. The summed E-state index contributed by atoms with van der Waals surface area (Å²) in [5.74, 6) is 0.919. The van der Waals surface area contributed by atoms with Crippen LogP contribution in [-0.4, -0.2) is 37.7 Å². The Balaban J connectivity index is 1.81. The highest BCUT2D eigenvalue weighted by Crippen LogP contribution is 2.40. The van der Waals surface area contributed by atoms with Crippen molar-refractivity contribution in [2.24, 2.45) is 0 Å². The Hall–Kier alpha value is -1.92. The average Bonchev–Trinajstić information content (AvgIpc) is 2.95. The van der Waals surface area contributed by atoms with Gasteiger partial charge in [-0.3, -0.25) is 4.90 Å². The molecule has 6 heteroatoms. The molecule has 2 aromatic heterocycles. The van der Waals surface area contributed by atoms with E-state index in [1.165, 1.54) is 31.2 Å². The van der Waals surface area contributed by atoms with Gasteiger partial charge >= 0.3 is 0 Å². The van der Waals surface area contributed by atoms with Crippen LogP contribution in [0.25, 0.3) is 4.96 Å². The molecule has 1 aliphatic heterocycles. The Kier molecular flexibility index (Phi) is 4.24. The number of rotatable bonds is 3. The number of hydrogen-bond donors (Lipinski definition) is 1. The monoisotopic (exact) mass is 342 g/mol. The molecule has 5 nitrogen and oxygen atoms in total. The smallest absolute Gasteiger partial charge is 0.230 e. The normalized spacial score (nSPS) is 17.9. The molecule has 3 aromatic rings. The zero-order valence-electron chi connectivity index (χ0n) is 13.9. The molecule has 0 aliphatic carbocycles. The number of aromatic hydroxyl groups is 1.